The van der Waals surface area contributed by atoms with Crippen molar-refractivity contribution in [2.24, 2.45) is 0 Å². The van der Waals surface area contributed by atoms with E-state index < -0.39 is 0 Å². The number of carbonyl (C=O) groups excluding carboxylic acids is 1. The summed E-state index contributed by atoms with van der Waals surface area (Å²) >= 11 is 1.61. The molecule has 0 fully saturated rings. The molecule has 1 amide bonds. The number of nitrogens with one attached hydrogen (secondary N) is 2. The summed E-state index contributed by atoms with van der Waals surface area (Å²) in [7, 11) is 1.61. The van der Waals surface area contributed by atoms with Crippen molar-refractivity contribution in [1.82, 2.24) is 15.6 Å². The molecule has 1 aromatic heterocycles. The number of thiazole rings is 1. The van der Waals surface area contributed by atoms with Crippen LogP contribution >= 0.6 is 11.3 Å². The number of rotatable bonds is 7. The Labute approximate surface area is 106 Å². The van der Waals surface area contributed by atoms with Gasteiger partial charge in [0, 0.05) is 25.6 Å². The Morgan fingerprint density at radius 3 is 3.00 bits per heavy atom. The molecule has 17 heavy (non-hydrogen) atoms. The lowest BCUT2D eigenvalue weighted by Crippen LogP contribution is -2.42. The maximum absolute atomic E-state index is 11.6. The third kappa shape index (κ3) is 5.25. The molecule has 5 nitrogen and oxygen atoms in total. The van der Waals surface area contributed by atoms with Crippen LogP contribution in [0.15, 0.2) is 5.38 Å². The zero-order valence-electron chi connectivity index (χ0n) is 10.4. The smallest absolute Gasteiger partial charge is 0.236 e. The van der Waals surface area contributed by atoms with Gasteiger partial charge in [-0.3, -0.25) is 4.79 Å². The van der Waals surface area contributed by atoms with Crippen molar-refractivity contribution in [1.29, 1.82) is 0 Å². The molecule has 0 aliphatic heterocycles. The maximum Gasteiger partial charge on any atom is 0.236 e. The van der Waals surface area contributed by atoms with Gasteiger partial charge in [0.1, 0.15) is 0 Å². The lowest BCUT2D eigenvalue weighted by molar-refractivity contribution is -0.122. The molecule has 0 saturated carbocycles. The summed E-state index contributed by atoms with van der Waals surface area (Å²) in [5, 5.41) is 8.95. The first-order valence-corrected chi connectivity index (χ1v) is 6.42. The zero-order valence-corrected chi connectivity index (χ0v) is 11.3. The van der Waals surface area contributed by atoms with Gasteiger partial charge in [-0.25, -0.2) is 4.98 Å². The lowest BCUT2D eigenvalue weighted by Gasteiger charge is -2.12. The van der Waals surface area contributed by atoms with Crippen molar-refractivity contribution in [2.75, 3.05) is 20.3 Å². The van der Waals surface area contributed by atoms with Gasteiger partial charge in [0.25, 0.3) is 0 Å². The molecule has 1 unspecified atom stereocenters. The monoisotopic (exact) mass is 257 g/mol. The number of hydrogen-bond acceptors (Lipinski definition) is 5. The molecule has 0 saturated heterocycles. The number of carbonyl (C=O) groups is 1. The Bertz CT molecular complexity index is 354. The minimum Gasteiger partial charge on any atom is -0.383 e. The second kappa shape index (κ2) is 7.37. The molecule has 1 atom stereocenters. The predicted octanol–water partition coefficient (Wildman–Crippen LogP) is 0.692. The highest BCUT2D eigenvalue weighted by molar-refractivity contribution is 7.09. The highest BCUT2D eigenvalue weighted by Gasteiger charge is 2.11. The maximum atomic E-state index is 11.6. The molecular formula is C11H19N3O2S. The van der Waals surface area contributed by atoms with Crippen molar-refractivity contribution >= 4 is 17.2 Å². The van der Waals surface area contributed by atoms with E-state index in [4.69, 9.17) is 4.74 Å². The van der Waals surface area contributed by atoms with Crippen molar-refractivity contribution < 1.29 is 9.53 Å². The topological polar surface area (TPSA) is 63.2 Å². The number of nitrogens with zero attached hydrogens (tertiary/aromatic N) is 1. The number of methoxy groups -OCH3 is 1. The molecule has 96 valence electrons. The third-order valence-corrected chi connectivity index (χ3v) is 3.08. The van der Waals surface area contributed by atoms with Crippen LogP contribution in [0, 0.1) is 6.92 Å². The first-order valence-electron chi connectivity index (χ1n) is 5.54. The molecule has 1 rings (SSSR count). The molecule has 0 bridgehead atoms. The van der Waals surface area contributed by atoms with Gasteiger partial charge in [0.15, 0.2) is 0 Å². The van der Waals surface area contributed by atoms with Gasteiger partial charge < -0.3 is 15.4 Å². The van der Waals surface area contributed by atoms with E-state index in [1.54, 1.807) is 18.4 Å². The van der Waals surface area contributed by atoms with Crippen LogP contribution in [0.2, 0.25) is 0 Å². The van der Waals surface area contributed by atoms with E-state index in [0.717, 1.165) is 10.7 Å². The van der Waals surface area contributed by atoms with Crippen molar-refractivity contribution in [2.45, 2.75) is 26.4 Å². The van der Waals surface area contributed by atoms with Crippen molar-refractivity contribution in [3.63, 3.8) is 0 Å². The van der Waals surface area contributed by atoms with E-state index in [1.165, 1.54) is 0 Å². The Kier molecular flexibility index (Phi) is 6.10. The average molecular weight is 257 g/mol. The fourth-order valence-corrected chi connectivity index (χ4v) is 1.88. The Morgan fingerprint density at radius 1 is 1.65 bits per heavy atom. The molecule has 1 heterocycles. The van der Waals surface area contributed by atoms with Crippen LogP contribution in [-0.2, 0) is 16.1 Å². The van der Waals surface area contributed by atoms with Crippen molar-refractivity contribution in [3.05, 3.63) is 16.1 Å². The van der Waals surface area contributed by atoms with Gasteiger partial charge in [-0.2, -0.15) is 0 Å². The van der Waals surface area contributed by atoms with E-state index in [1.807, 2.05) is 19.2 Å². The van der Waals surface area contributed by atoms with Gasteiger partial charge in [-0.15, -0.1) is 11.3 Å². The van der Waals surface area contributed by atoms with E-state index in [0.29, 0.717) is 19.7 Å². The van der Waals surface area contributed by atoms with Crippen LogP contribution in [0.25, 0.3) is 0 Å². The lowest BCUT2D eigenvalue weighted by atomic mass is 10.3. The largest absolute Gasteiger partial charge is 0.383 e. The van der Waals surface area contributed by atoms with E-state index in [9.17, 15) is 4.79 Å². The van der Waals surface area contributed by atoms with Crippen LogP contribution in [0.1, 0.15) is 17.6 Å². The first kappa shape index (κ1) is 14.1. The van der Waals surface area contributed by atoms with Crippen LogP contribution in [-0.4, -0.2) is 37.2 Å². The Balaban J connectivity index is 2.24. The number of hydrogen-bond donors (Lipinski definition) is 2. The summed E-state index contributed by atoms with van der Waals surface area (Å²) in [6, 6.07) is -0.228. The average Bonchev–Trinajstić information content (AvgIpc) is 2.72. The fourth-order valence-electron chi connectivity index (χ4n) is 1.27. The van der Waals surface area contributed by atoms with Gasteiger partial charge in [0.05, 0.1) is 23.4 Å². The van der Waals surface area contributed by atoms with Gasteiger partial charge in [-0.1, -0.05) is 0 Å². The second-order valence-electron chi connectivity index (χ2n) is 3.74. The highest BCUT2D eigenvalue weighted by Crippen LogP contribution is 2.07. The summed E-state index contributed by atoms with van der Waals surface area (Å²) in [6.45, 7) is 5.49. The molecule has 0 radical (unpaired) electrons. The first-order chi connectivity index (χ1) is 8.13. The normalized spacial score (nSPS) is 12.4. The summed E-state index contributed by atoms with van der Waals surface area (Å²) in [6.07, 6.45) is 0. The quantitative estimate of drug-likeness (QED) is 0.706. The van der Waals surface area contributed by atoms with E-state index in [-0.39, 0.29) is 11.9 Å². The molecule has 0 aromatic carbocycles. The molecule has 0 spiro atoms. The number of amides is 1. The Hall–Kier alpha value is -0.980. The summed E-state index contributed by atoms with van der Waals surface area (Å²) in [5.74, 6) is -0.0194. The molecule has 1 aromatic rings. The molecule has 0 aliphatic carbocycles. The van der Waals surface area contributed by atoms with Crippen LogP contribution < -0.4 is 10.6 Å². The fraction of sp³-hybridized carbons (Fsp3) is 0.636. The van der Waals surface area contributed by atoms with Crippen LogP contribution in [0.3, 0.4) is 0 Å². The van der Waals surface area contributed by atoms with Gasteiger partial charge in [-0.05, 0) is 13.8 Å². The summed E-state index contributed by atoms with van der Waals surface area (Å²) < 4.78 is 4.86. The zero-order chi connectivity index (χ0) is 12.7. The molecular weight excluding hydrogens is 238 g/mol. The van der Waals surface area contributed by atoms with Crippen LogP contribution in [0.5, 0.6) is 0 Å². The Morgan fingerprint density at radius 2 is 2.41 bits per heavy atom. The van der Waals surface area contributed by atoms with E-state index in [2.05, 4.69) is 15.6 Å². The third-order valence-electron chi connectivity index (χ3n) is 2.25. The SMILES string of the molecule is COCCNC(=O)C(C)NCc1csc(C)n1. The van der Waals surface area contributed by atoms with Crippen LogP contribution in [0.4, 0.5) is 0 Å². The predicted molar refractivity (Wildman–Crippen MR) is 68.0 cm³/mol. The molecule has 6 heteroatoms. The molecule has 2 N–H and O–H groups in total. The van der Waals surface area contributed by atoms with Gasteiger partial charge in [0.2, 0.25) is 5.91 Å². The van der Waals surface area contributed by atoms with Gasteiger partial charge >= 0.3 is 0 Å². The number of aryl methyl sites for hydroxylation is 1. The minimum atomic E-state index is -0.228. The standard InChI is InChI=1S/C11H19N3O2S/c1-8(11(15)12-4-5-16-3)13-6-10-7-17-9(2)14-10/h7-8,13H,4-6H2,1-3H3,(H,12,15). The van der Waals surface area contributed by atoms with Crippen molar-refractivity contribution in [3.8, 4) is 0 Å². The number of ether oxygens (including phenoxy) is 1. The summed E-state index contributed by atoms with van der Waals surface area (Å²) in [4.78, 5) is 15.9. The second-order valence-corrected chi connectivity index (χ2v) is 4.81. The minimum absolute atomic E-state index is 0.0194. The number of aromatic nitrogens is 1. The summed E-state index contributed by atoms with van der Waals surface area (Å²) in [5.41, 5.74) is 0.976. The highest BCUT2D eigenvalue weighted by atomic mass is 32.1. The molecule has 0 aliphatic rings. The van der Waals surface area contributed by atoms with E-state index >= 15 is 0 Å².